The molecule has 1 aromatic heterocycles. The number of carbonyl (C=O) groups is 1. The molecule has 5 nitrogen and oxygen atoms in total. The van der Waals surface area contributed by atoms with Gasteiger partial charge in [0.2, 0.25) is 0 Å². The van der Waals surface area contributed by atoms with Crippen LogP contribution in [0.5, 0.6) is 11.5 Å². The van der Waals surface area contributed by atoms with E-state index in [-0.39, 0.29) is 5.76 Å². The van der Waals surface area contributed by atoms with Crippen LogP contribution in [0.4, 0.5) is 0 Å². The Balaban J connectivity index is 2.63. The minimum atomic E-state index is 0.180. The fourth-order valence-electron chi connectivity index (χ4n) is 1.71. The summed E-state index contributed by atoms with van der Waals surface area (Å²) in [5.74, 6) is 1.87. The van der Waals surface area contributed by atoms with Crippen LogP contribution in [0.1, 0.15) is 16.4 Å². The fraction of sp³-hybridized carbons (Fsp3) is 0.231. The number of benzene rings is 1. The monoisotopic (exact) mass is 247 g/mol. The van der Waals surface area contributed by atoms with E-state index in [1.54, 1.807) is 39.3 Å². The number of aldehydes is 1. The lowest BCUT2D eigenvalue weighted by atomic mass is 10.1. The molecule has 0 fully saturated rings. The predicted octanol–water partition coefficient (Wildman–Crippen LogP) is 2.48. The second kappa shape index (κ2) is 4.91. The molecule has 5 heteroatoms. The van der Waals surface area contributed by atoms with E-state index in [4.69, 9.17) is 13.9 Å². The summed E-state index contributed by atoms with van der Waals surface area (Å²) >= 11 is 0. The van der Waals surface area contributed by atoms with Crippen molar-refractivity contribution < 1.29 is 18.7 Å². The summed E-state index contributed by atoms with van der Waals surface area (Å²) in [6.07, 6.45) is 0.633. The topological polar surface area (TPSA) is 61.6 Å². The molecule has 0 saturated heterocycles. The van der Waals surface area contributed by atoms with Gasteiger partial charge < -0.3 is 13.9 Å². The van der Waals surface area contributed by atoms with Crippen molar-refractivity contribution in [3.8, 4) is 22.8 Å². The molecule has 0 radical (unpaired) electrons. The van der Waals surface area contributed by atoms with Gasteiger partial charge in [0.1, 0.15) is 17.2 Å². The fourth-order valence-corrected chi connectivity index (χ4v) is 1.71. The third-order valence-corrected chi connectivity index (χ3v) is 2.53. The van der Waals surface area contributed by atoms with Gasteiger partial charge in [0.05, 0.1) is 14.2 Å². The first-order valence-corrected chi connectivity index (χ1v) is 5.34. The minimum absolute atomic E-state index is 0.180. The average Bonchev–Trinajstić information content (AvgIpc) is 2.79. The Morgan fingerprint density at radius 1 is 1.28 bits per heavy atom. The van der Waals surface area contributed by atoms with Gasteiger partial charge >= 0.3 is 0 Å². The summed E-state index contributed by atoms with van der Waals surface area (Å²) in [5.41, 5.74) is 1.12. The summed E-state index contributed by atoms with van der Waals surface area (Å²) in [5, 5.41) is 0. The van der Waals surface area contributed by atoms with Gasteiger partial charge in [0.15, 0.2) is 17.9 Å². The number of carbonyl (C=O) groups excluding carboxylic acids is 1. The van der Waals surface area contributed by atoms with Gasteiger partial charge in [-0.1, -0.05) is 0 Å². The Morgan fingerprint density at radius 3 is 2.67 bits per heavy atom. The molecule has 0 aliphatic rings. The molecule has 1 aromatic carbocycles. The number of aryl methyl sites for hydroxylation is 1. The van der Waals surface area contributed by atoms with E-state index in [0.29, 0.717) is 34.9 Å². The number of hydrogen-bond acceptors (Lipinski definition) is 5. The molecule has 0 atom stereocenters. The van der Waals surface area contributed by atoms with E-state index < -0.39 is 0 Å². The van der Waals surface area contributed by atoms with Crippen molar-refractivity contribution >= 4 is 6.29 Å². The van der Waals surface area contributed by atoms with Gasteiger partial charge in [-0.3, -0.25) is 4.79 Å². The van der Waals surface area contributed by atoms with E-state index in [1.165, 1.54) is 0 Å². The highest BCUT2D eigenvalue weighted by Crippen LogP contribution is 2.34. The molecular formula is C13H13NO4. The average molecular weight is 247 g/mol. The zero-order chi connectivity index (χ0) is 13.1. The zero-order valence-corrected chi connectivity index (χ0v) is 10.4. The van der Waals surface area contributed by atoms with Gasteiger partial charge in [-0.25, -0.2) is 4.98 Å². The molecule has 0 aliphatic carbocycles. The van der Waals surface area contributed by atoms with E-state index >= 15 is 0 Å². The third kappa shape index (κ3) is 2.07. The van der Waals surface area contributed by atoms with Gasteiger partial charge in [-0.2, -0.15) is 0 Å². The summed E-state index contributed by atoms with van der Waals surface area (Å²) in [6.45, 7) is 1.68. The molecule has 1 heterocycles. The standard InChI is InChI=1S/C13H13NO4/c1-8-14-13(12(7-15)18-8)10-6-9(16-2)4-5-11(10)17-3/h4-7H,1-3H3. The molecule has 0 amide bonds. The molecule has 0 spiro atoms. The van der Waals surface area contributed by atoms with Crippen molar-refractivity contribution in [3.63, 3.8) is 0 Å². The first-order chi connectivity index (χ1) is 8.69. The predicted molar refractivity (Wildman–Crippen MR) is 65.2 cm³/mol. The van der Waals surface area contributed by atoms with Gasteiger partial charge in [0.25, 0.3) is 0 Å². The van der Waals surface area contributed by atoms with Crippen LogP contribution in [0.25, 0.3) is 11.3 Å². The van der Waals surface area contributed by atoms with E-state index in [0.717, 1.165) is 0 Å². The number of ether oxygens (including phenoxy) is 2. The number of rotatable bonds is 4. The lowest BCUT2D eigenvalue weighted by Gasteiger charge is -2.08. The van der Waals surface area contributed by atoms with Crippen molar-refractivity contribution in [3.05, 3.63) is 29.9 Å². The summed E-state index contributed by atoms with van der Waals surface area (Å²) in [7, 11) is 3.12. The SMILES string of the molecule is COc1ccc(OC)c(-c2nc(C)oc2C=O)c1. The quantitative estimate of drug-likeness (QED) is 0.777. The van der Waals surface area contributed by atoms with Crippen LogP contribution in [-0.4, -0.2) is 25.5 Å². The molecule has 18 heavy (non-hydrogen) atoms. The maximum absolute atomic E-state index is 11.0. The number of methoxy groups -OCH3 is 2. The summed E-state index contributed by atoms with van der Waals surface area (Å²) in [4.78, 5) is 15.2. The van der Waals surface area contributed by atoms with Crippen LogP contribution >= 0.6 is 0 Å². The van der Waals surface area contributed by atoms with E-state index in [9.17, 15) is 4.79 Å². The Hall–Kier alpha value is -2.30. The summed E-state index contributed by atoms with van der Waals surface area (Å²) in [6, 6.07) is 5.28. The van der Waals surface area contributed by atoms with Crippen LogP contribution in [0.2, 0.25) is 0 Å². The van der Waals surface area contributed by atoms with Gasteiger partial charge in [0, 0.05) is 12.5 Å². The van der Waals surface area contributed by atoms with Gasteiger partial charge in [-0.05, 0) is 18.2 Å². The van der Waals surface area contributed by atoms with Gasteiger partial charge in [-0.15, -0.1) is 0 Å². The Kier molecular flexibility index (Phi) is 3.32. The molecule has 0 unspecified atom stereocenters. The first kappa shape index (κ1) is 12.2. The van der Waals surface area contributed by atoms with Crippen molar-refractivity contribution in [2.45, 2.75) is 6.92 Å². The summed E-state index contributed by atoms with van der Waals surface area (Å²) < 4.78 is 15.6. The number of aromatic nitrogens is 1. The molecule has 0 saturated carbocycles. The van der Waals surface area contributed by atoms with Crippen molar-refractivity contribution in [2.24, 2.45) is 0 Å². The molecule has 2 aromatic rings. The molecule has 0 aliphatic heterocycles. The van der Waals surface area contributed by atoms with E-state index in [1.807, 2.05) is 0 Å². The van der Waals surface area contributed by atoms with Crippen LogP contribution in [0, 0.1) is 6.92 Å². The molecular weight excluding hydrogens is 234 g/mol. The van der Waals surface area contributed by atoms with Crippen molar-refractivity contribution in [1.82, 2.24) is 4.98 Å². The maximum Gasteiger partial charge on any atom is 0.195 e. The number of hydrogen-bond donors (Lipinski definition) is 0. The normalized spacial score (nSPS) is 10.2. The largest absolute Gasteiger partial charge is 0.497 e. The molecule has 2 rings (SSSR count). The Labute approximate surface area is 104 Å². The second-order valence-corrected chi connectivity index (χ2v) is 3.63. The Morgan fingerprint density at radius 2 is 2.06 bits per heavy atom. The lowest BCUT2D eigenvalue weighted by molar-refractivity contribution is 0.110. The number of oxazole rings is 1. The smallest absolute Gasteiger partial charge is 0.195 e. The Bertz CT molecular complexity index is 574. The highest BCUT2D eigenvalue weighted by Gasteiger charge is 2.17. The molecule has 0 N–H and O–H groups in total. The van der Waals surface area contributed by atoms with Crippen LogP contribution < -0.4 is 9.47 Å². The highest BCUT2D eigenvalue weighted by molar-refractivity contribution is 5.84. The minimum Gasteiger partial charge on any atom is -0.497 e. The zero-order valence-electron chi connectivity index (χ0n) is 10.4. The van der Waals surface area contributed by atoms with Crippen molar-refractivity contribution in [1.29, 1.82) is 0 Å². The molecule has 94 valence electrons. The van der Waals surface area contributed by atoms with E-state index in [2.05, 4.69) is 4.98 Å². The third-order valence-electron chi connectivity index (χ3n) is 2.53. The van der Waals surface area contributed by atoms with Crippen molar-refractivity contribution in [2.75, 3.05) is 14.2 Å². The molecule has 0 bridgehead atoms. The van der Waals surface area contributed by atoms with Crippen LogP contribution in [0.3, 0.4) is 0 Å². The van der Waals surface area contributed by atoms with Crippen LogP contribution in [0.15, 0.2) is 22.6 Å². The van der Waals surface area contributed by atoms with Crippen LogP contribution in [-0.2, 0) is 0 Å². The first-order valence-electron chi connectivity index (χ1n) is 5.34. The highest BCUT2D eigenvalue weighted by atomic mass is 16.5. The maximum atomic E-state index is 11.0. The number of nitrogens with zero attached hydrogens (tertiary/aromatic N) is 1. The second-order valence-electron chi connectivity index (χ2n) is 3.63. The lowest BCUT2D eigenvalue weighted by Crippen LogP contribution is -1.92.